The Labute approximate surface area is 167 Å². The van der Waals surface area contributed by atoms with E-state index in [9.17, 15) is 13.2 Å². The molecule has 3 aromatic rings. The maximum Gasteiger partial charge on any atom is 0.240 e. The van der Waals surface area contributed by atoms with Crippen LogP contribution >= 0.6 is 11.6 Å². The minimum Gasteiger partial charge on any atom is -0.326 e. The van der Waals surface area contributed by atoms with Crippen LogP contribution in [0.1, 0.15) is 18.3 Å². The van der Waals surface area contributed by atoms with Crippen molar-refractivity contribution in [3.05, 3.63) is 65.2 Å². The standard InChI is InChI=1S/C18H18ClN5O3S/c1-2-17-21-11-24(23-17)15-8-7-13(10-16(15)28(20,26)27)22-18(25)9-12-5-3-4-6-14(12)19/h3-8,10-11H,2,9H2,1H3,(H,22,25)(H2,20,26,27). The number of aryl methyl sites for hydroxylation is 1. The molecule has 28 heavy (non-hydrogen) atoms. The molecule has 1 aromatic heterocycles. The van der Waals surface area contributed by atoms with Gasteiger partial charge in [0.05, 0.1) is 12.1 Å². The quantitative estimate of drug-likeness (QED) is 0.635. The Kier molecular flexibility index (Phi) is 5.78. The highest BCUT2D eigenvalue weighted by Crippen LogP contribution is 2.23. The number of carbonyl (C=O) groups is 1. The molecular weight excluding hydrogens is 402 g/mol. The maximum absolute atomic E-state index is 12.3. The lowest BCUT2D eigenvalue weighted by Crippen LogP contribution is -2.18. The molecule has 0 spiro atoms. The number of nitrogens with one attached hydrogen (secondary N) is 1. The summed E-state index contributed by atoms with van der Waals surface area (Å²) in [6.45, 7) is 1.89. The summed E-state index contributed by atoms with van der Waals surface area (Å²) in [5.74, 6) is 0.229. The van der Waals surface area contributed by atoms with Crippen molar-refractivity contribution in [1.29, 1.82) is 0 Å². The predicted molar refractivity (Wildman–Crippen MR) is 106 cm³/mol. The number of halogens is 1. The molecule has 1 heterocycles. The molecule has 0 bridgehead atoms. The molecule has 146 valence electrons. The first-order chi connectivity index (χ1) is 13.3. The number of aromatic nitrogens is 3. The third-order valence-corrected chi connectivity index (χ3v) is 5.27. The van der Waals surface area contributed by atoms with Gasteiger partial charge >= 0.3 is 0 Å². The van der Waals surface area contributed by atoms with E-state index in [-0.39, 0.29) is 22.9 Å². The number of nitrogens with two attached hydrogens (primary N) is 1. The molecule has 0 aliphatic carbocycles. The van der Waals surface area contributed by atoms with E-state index in [4.69, 9.17) is 16.7 Å². The third-order valence-electron chi connectivity index (χ3n) is 3.96. The summed E-state index contributed by atoms with van der Waals surface area (Å²) in [5, 5.41) is 12.7. The van der Waals surface area contributed by atoms with Crippen molar-refractivity contribution in [3.8, 4) is 5.69 Å². The Morgan fingerprint density at radius 2 is 2.00 bits per heavy atom. The number of primary sulfonamides is 1. The lowest BCUT2D eigenvalue weighted by atomic mass is 10.1. The summed E-state index contributed by atoms with van der Waals surface area (Å²) in [7, 11) is -4.06. The van der Waals surface area contributed by atoms with E-state index >= 15 is 0 Å². The van der Waals surface area contributed by atoms with Crippen LogP contribution < -0.4 is 10.5 Å². The van der Waals surface area contributed by atoms with E-state index in [0.29, 0.717) is 28.5 Å². The third kappa shape index (κ3) is 4.56. The molecule has 2 aromatic carbocycles. The van der Waals surface area contributed by atoms with Gasteiger partial charge in [-0.15, -0.1) is 0 Å². The number of anilines is 1. The zero-order valence-electron chi connectivity index (χ0n) is 15.0. The van der Waals surface area contributed by atoms with Gasteiger partial charge in [-0.3, -0.25) is 4.79 Å². The van der Waals surface area contributed by atoms with Crippen molar-refractivity contribution in [1.82, 2.24) is 14.8 Å². The molecule has 0 atom stereocenters. The number of benzene rings is 2. The average molecular weight is 420 g/mol. The van der Waals surface area contributed by atoms with Crippen molar-refractivity contribution in [2.75, 3.05) is 5.32 Å². The normalized spacial score (nSPS) is 11.4. The Morgan fingerprint density at radius 3 is 2.64 bits per heavy atom. The van der Waals surface area contributed by atoms with Crippen molar-refractivity contribution >= 4 is 33.2 Å². The summed E-state index contributed by atoms with van der Waals surface area (Å²) in [4.78, 5) is 16.2. The molecular formula is C18H18ClN5O3S. The molecule has 0 aliphatic heterocycles. The highest BCUT2D eigenvalue weighted by atomic mass is 35.5. The van der Waals surface area contributed by atoms with Gasteiger partial charge in [0.1, 0.15) is 11.2 Å². The molecule has 3 N–H and O–H groups in total. The van der Waals surface area contributed by atoms with Crippen LogP contribution in [0.3, 0.4) is 0 Å². The molecule has 0 unspecified atom stereocenters. The number of amides is 1. The van der Waals surface area contributed by atoms with Crippen LogP contribution in [-0.2, 0) is 27.7 Å². The monoisotopic (exact) mass is 419 g/mol. The van der Waals surface area contributed by atoms with Gasteiger partial charge in [0.15, 0.2) is 5.82 Å². The Hall–Kier alpha value is -2.75. The van der Waals surface area contributed by atoms with Gasteiger partial charge in [-0.05, 0) is 29.8 Å². The van der Waals surface area contributed by atoms with Gasteiger partial charge in [-0.2, -0.15) is 5.10 Å². The minimum absolute atomic E-state index is 0.0507. The molecule has 8 nitrogen and oxygen atoms in total. The van der Waals surface area contributed by atoms with Crippen LogP contribution in [0.25, 0.3) is 5.69 Å². The number of hydrogen-bond acceptors (Lipinski definition) is 5. The van der Waals surface area contributed by atoms with Crippen LogP contribution in [0.15, 0.2) is 53.7 Å². The largest absolute Gasteiger partial charge is 0.326 e. The summed E-state index contributed by atoms with van der Waals surface area (Å²) < 4.78 is 25.5. The second kappa shape index (κ2) is 8.09. The van der Waals surface area contributed by atoms with E-state index < -0.39 is 10.0 Å². The van der Waals surface area contributed by atoms with Crippen LogP contribution in [0, 0.1) is 0 Å². The summed E-state index contributed by atoms with van der Waals surface area (Å²) in [6.07, 6.45) is 2.07. The van der Waals surface area contributed by atoms with Crippen LogP contribution in [0.4, 0.5) is 5.69 Å². The fourth-order valence-electron chi connectivity index (χ4n) is 2.60. The Bertz CT molecular complexity index is 1130. The molecule has 0 aliphatic rings. The first kappa shape index (κ1) is 20.0. The smallest absolute Gasteiger partial charge is 0.240 e. The summed E-state index contributed by atoms with van der Waals surface area (Å²) in [6, 6.07) is 11.4. The van der Waals surface area contributed by atoms with Crippen LogP contribution in [-0.4, -0.2) is 29.1 Å². The van der Waals surface area contributed by atoms with Crippen molar-refractivity contribution in [2.24, 2.45) is 5.14 Å². The lowest BCUT2D eigenvalue weighted by molar-refractivity contribution is -0.115. The van der Waals surface area contributed by atoms with Gasteiger partial charge in [0.25, 0.3) is 0 Å². The fraction of sp³-hybridized carbons (Fsp3) is 0.167. The van der Waals surface area contributed by atoms with Crippen LogP contribution in [0.2, 0.25) is 5.02 Å². The highest BCUT2D eigenvalue weighted by molar-refractivity contribution is 7.89. The lowest BCUT2D eigenvalue weighted by Gasteiger charge is -2.11. The van der Waals surface area contributed by atoms with Crippen molar-refractivity contribution in [2.45, 2.75) is 24.7 Å². The van der Waals surface area contributed by atoms with E-state index in [1.54, 1.807) is 30.3 Å². The van der Waals surface area contributed by atoms with Gasteiger partial charge in [0.2, 0.25) is 15.9 Å². The number of nitrogens with zero attached hydrogens (tertiary/aromatic N) is 3. The number of sulfonamides is 1. The Morgan fingerprint density at radius 1 is 1.25 bits per heavy atom. The number of carbonyl (C=O) groups excluding carboxylic acids is 1. The van der Waals surface area contributed by atoms with Gasteiger partial charge in [-0.25, -0.2) is 23.2 Å². The number of rotatable bonds is 6. The SMILES string of the molecule is CCc1ncn(-c2ccc(NC(=O)Cc3ccccc3Cl)cc2S(N)(=O)=O)n1. The van der Waals surface area contributed by atoms with Crippen molar-refractivity contribution < 1.29 is 13.2 Å². The molecule has 0 fully saturated rings. The molecule has 1 amide bonds. The zero-order valence-corrected chi connectivity index (χ0v) is 16.5. The van der Waals surface area contributed by atoms with Gasteiger partial charge in [0, 0.05) is 17.1 Å². The molecule has 0 saturated heterocycles. The molecule has 10 heteroatoms. The van der Waals surface area contributed by atoms with E-state index in [1.165, 1.54) is 23.1 Å². The van der Waals surface area contributed by atoms with Crippen molar-refractivity contribution in [3.63, 3.8) is 0 Å². The fourth-order valence-corrected chi connectivity index (χ4v) is 3.55. The zero-order chi connectivity index (χ0) is 20.3. The number of hydrogen-bond donors (Lipinski definition) is 2. The summed E-state index contributed by atoms with van der Waals surface area (Å²) in [5.41, 5.74) is 1.21. The average Bonchev–Trinajstić information content (AvgIpc) is 3.12. The maximum atomic E-state index is 12.3. The van der Waals surface area contributed by atoms with Gasteiger partial charge in [-0.1, -0.05) is 36.7 Å². The molecule has 3 rings (SSSR count). The summed E-state index contributed by atoms with van der Waals surface area (Å²) >= 11 is 6.07. The molecule has 0 saturated carbocycles. The topological polar surface area (TPSA) is 120 Å². The first-order valence-corrected chi connectivity index (χ1v) is 10.3. The van der Waals surface area contributed by atoms with E-state index in [2.05, 4.69) is 15.4 Å². The van der Waals surface area contributed by atoms with Gasteiger partial charge < -0.3 is 5.32 Å². The Balaban J connectivity index is 1.89. The first-order valence-electron chi connectivity index (χ1n) is 8.39. The highest BCUT2D eigenvalue weighted by Gasteiger charge is 2.18. The minimum atomic E-state index is -4.06. The van der Waals surface area contributed by atoms with E-state index in [0.717, 1.165) is 0 Å². The molecule has 0 radical (unpaired) electrons. The predicted octanol–water partition coefficient (Wildman–Crippen LogP) is 2.31. The van der Waals surface area contributed by atoms with Crippen LogP contribution in [0.5, 0.6) is 0 Å². The van der Waals surface area contributed by atoms with E-state index in [1.807, 2.05) is 6.92 Å². The second-order valence-electron chi connectivity index (χ2n) is 6.00. The second-order valence-corrected chi connectivity index (χ2v) is 7.94.